The summed E-state index contributed by atoms with van der Waals surface area (Å²) in [6.45, 7) is 12.1. The van der Waals surface area contributed by atoms with E-state index in [4.69, 9.17) is 0 Å². The molecular formula is C17H28N2O. The summed E-state index contributed by atoms with van der Waals surface area (Å²) >= 11 is 0. The summed E-state index contributed by atoms with van der Waals surface area (Å²) in [5.41, 5.74) is 1.39. The summed E-state index contributed by atoms with van der Waals surface area (Å²) in [5, 5.41) is 13.3. The Morgan fingerprint density at radius 3 is 2.80 bits per heavy atom. The van der Waals surface area contributed by atoms with Crippen molar-refractivity contribution < 1.29 is 5.11 Å². The fraction of sp³-hybridized carbons (Fsp3) is 0.647. The SMILES string of the molecule is CCC1(C)CN(Cc2cccc(O)c2)C(C(C)C)CN1. The van der Waals surface area contributed by atoms with Gasteiger partial charge in [0, 0.05) is 31.2 Å². The first-order chi connectivity index (χ1) is 9.43. The highest BCUT2D eigenvalue weighted by Gasteiger charge is 2.35. The van der Waals surface area contributed by atoms with E-state index in [1.165, 1.54) is 5.56 Å². The molecule has 0 spiro atoms. The lowest BCUT2D eigenvalue weighted by Gasteiger charge is -2.47. The number of phenolic OH excluding ortho intramolecular Hbond substituents is 1. The zero-order valence-electron chi connectivity index (χ0n) is 13.2. The van der Waals surface area contributed by atoms with Gasteiger partial charge >= 0.3 is 0 Å². The van der Waals surface area contributed by atoms with E-state index in [1.54, 1.807) is 6.07 Å². The van der Waals surface area contributed by atoms with Crippen LogP contribution in [-0.4, -0.2) is 34.7 Å². The summed E-state index contributed by atoms with van der Waals surface area (Å²) in [4.78, 5) is 2.57. The van der Waals surface area contributed by atoms with Crippen LogP contribution in [0.1, 0.15) is 39.7 Å². The molecule has 1 saturated heterocycles. The number of hydrogen-bond acceptors (Lipinski definition) is 3. The summed E-state index contributed by atoms with van der Waals surface area (Å²) < 4.78 is 0. The van der Waals surface area contributed by atoms with Crippen LogP contribution in [0.5, 0.6) is 5.75 Å². The van der Waals surface area contributed by atoms with Crippen LogP contribution in [-0.2, 0) is 6.54 Å². The average molecular weight is 276 g/mol. The molecule has 1 aliphatic rings. The largest absolute Gasteiger partial charge is 0.508 e. The molecule has 2 atom stereocenters. The zero-order chi connectivity index (χ0) is 14.8. The lowest BCUT2D eigenvalue weighted by molar-refractivity contribution is 0.0539. The van der Waals surface area contributed by atoms with Crippen molar-refractivity contribution in [2.45, 2.75) is 52.2 Å². The number of nitrogens with zero attached hydrogens (tertiary/aromatic N) is 1. The fourth-order valence-corrected chi connectivity index (χ4v) is 3.06. The van der Waals surface area contributed by atoms with Crippen molar-refractivity contribution in [1.82, 2.24) is 10.2 Å². The lowest BCUT2D eigenvalue weighted by Crippen LogP contribution is -2.63. The van der Waals surface area contributed by atoms with Crippen LogP contribution in [0.2, 0.25) is 0 Å². The van der Waals surface area contributed by atoms with Crippen molar-refractivity contribution in [3.8, 4) is 5.75 Å². The normalized spacial score (nSPS) is 27.9. The second-order valence-electron chi connectivity index (χ2n) is 6.68. The number of hydrogen-bond donors (Lipinski definition) is 2. The Hall–Kier alpha value is -1.06. The quantitative estimate of drug-likeness (QED) is 0.887. The predicted octanol–water partition coefficient (Wildman–Crippen LogP) is 2.99. The van der Waals surface area contributed by atoms with Crippen LogP contribution >= 0.6 is 0 Å². The van der Waals surface area contributed by atoms with E-state index >= 15 is 0 Å². The molecule has 2 rings (SSSR count). The molecule has 0 amide bonds. The third-order valence-electron chi connectivity index (χ3n) is 4.61. The third kappa shape index (κ3) is 3.53. The minimum atomic E-state index is 0.197. The Kier molecular flexibility index (Phi) is 4.71. The first kappa shape index (κ1) is 15.3. The second-order valence-corrected chi connectivity index (χ2v) is 6.68. The Bertz CT molecular complexity index is 446. The molecule has 2 N–H and O–H groups in total. The minimum absolute atomic E-state index is 0.197. The summed E-state index contributed by atoms with van der Waals surface area (Å²) in [6.07, 6.45) is 1.13. The van der Waals surface area contributed by atoms with Gasteiger partial charge in [0.05, 0.1) is 0 Å². The highest BCUT2D eigenvalue weighted by Crippen LogP contribution is 2.25. The number of rotatable bonds is 4. The molecular weight excluding hydrogens is 248 g/mol. The third-order valence-corrected chi connectivity index (χ3v) is 4.61. The molecule has 0 saturated carbocycles. The molecule has 3 nitrogen and oxygen atoms in total. The lowest BCUT2D eigenvalue weighted by atomic mass is 9.89. The molecule has 0 bridgehead atoms. The molecule has 1 heterocycles. The standard InChI is InChI=1S/C17H28N2O/c1-5-17(4)12-19(16(10-18-17)13(2)3)11-14-7-6-8-15(20)9-14/h6-9,13,16,18,20H,5,10-12H2,1-4H3. The van der Waals surface area contributed by atoms with E-state index in [9.17, 15) is 5.11 Å². The van der Waals surface area contributed by atoms with Gasteiger partial charge in [0.15, 0.2) is 0 Å². The van der Waals surface area contributed by atoms with Crippen LogP contribution in [0.15, 0.2) is 24.3 Å². The molecule has 0 radical (unpaired) electrons. The number of aromatic hydroxyl groups is 1. The van der Waals surface area contributed by atoms with Crippen molar-refractivity contribution in [2.24, 2.45) is 5.92 Å². The first-order valence-corrected chi connectivity index (χ1v) is 7.70. The van der Waals surface area contributed by atoms with Gasteiger partial charge in [0.25, 0.3) is 0 Å². The summed E-state index contributed by atoms with van der Waals surface area (Å²) in [7, 11) is 0. The first-order valence-electron chi connectivity index (χ1n) is 7.70. The minimum Gasteiger partial charge on any atom is -0.508 e. The highest BCUT2D eigenvalue weighted by atomic mass is 16.3. The molecule has 112 valence electrons. The Labute approximate surface area is 123 Å². The smallest absolute Gasteiger partial charge is 0.115 e. The van der Waals surface area contributed by atoms with E-state index in [0.717, 1.165) is 26.1 Å². The van der Waals surface area contributed by atoms with Crippen molar-refractivity contribution in [2.75, 3.05) is 13.1 Å². The highest BCUT2D eigenvalue weighted by molar-refractivity contribution is 5.27. The number of benzene rings is 1. The topological polar surface area (TPSA) is 35.5 Å². The van der Waals surface area contributed by atoms with Gasteiger partial charge in [-0.25, -0.2) is 0 Å². The Morgan fingerprint density at radius 1 is 1.45 bits per heavy atom. The van der Waals surface area contributed by atoms with Gasteiger partial charge in [0.2, 0.25) is 0 Å². The predicted molar refractivity (Wildman–Crippen MR) is 83.8 cm³/mol. The maximum absolute atomic E-state index is 9.64. The van der Waals surface area contributed by atoms with E-state index in [0.29, 0.717) is 17.7 Å². The molecule has 1 aromatic rings. The van der Waals surface area contributed by atoms with Crippen LogP contribution in [0.3, 0.4) is 0 Å². The number of phenols is 1. The summed E-state index contributed by atoms with van der Waals surface area (Å²) in [6, 6.07) is 8.19. The van der Waals surface area contributed by atoms with Crippen LogP contribution in [0, 0.1) is 5.92 Å². The van der Waals surface area contributed by atoms with Crippen LogP contribution in [0.4, 0.5) is 0 Å². The molecule has 2 unspecified atom stereocenters. The van der Waals surface area contributed by atoms with Crippen molar-refractivity contribution in [3.05, 3.63) is 29.8 Å². The molecule has 1 fully saturated rings. The average Bonchev–Trinajstić information content (AvgIpc) is 2.38. The van der Waals surface area contributed by atoms with Crippen LogP contribution in [0.25, 0.3) is 0 Å². The van der Waals surface area contributed by atoms with Crippen molar-refractivity contribution >= 4 is 0 Å². The van der Waals surface area contributed by atoms with Gasteiger partial charge < -0.3 is 10.4 Å². The number of piperazine rings is 1. The second kappa shape index (κ2) is 6.15. The van der Waals surface area contributed by atoms with Gasteiger partial charge in [-0.05, 0) is 37.0 Å². The van der Waals surface area contributed by atoms with Crippen LogP contribution < -0.4 is 5.32 Å². The van der Waals surface area contributed by atoms with Gasteiger partial charge in [0.1, 0.15) is 5.75 Å². The molecule has 1 aromatic carbocycles. The Morgan fingerprint density at radius 2 is 2.20 bits per heavy atom. The maximum atomic E-state index is 9.64. The van der Waals surface area contributed by atoms with Gasteiger partial charge in [-0.1, -0.05) is 32.9 Å². The molecule has 3 heteroatoms. The van der Waals surface area contributed by atoms with E-state index in [1.807, 2.05) is 12.1 Å². The van der Waals surface area contributed by atoms with Crippen molar-refractivity contribution in [3.63, 3.8) is 0 Å². The van der Waals surface area contributed by atoms with Gasteiger partial charge in [-0.15, -0.1) is 0 Å². The van der Waals surface area contributed by atoms with Crippen molar-refractivity contribution in [1.29, 1.82) is 0 Å². The molecule has 20 heavy (non-hydrogen) atoms. The monoisotopic (exact) mass is 276 g/mol. The molecule has 0 aliphatic carbocycles. The van der Waals surface area contributed by atoms with Gasteiger partial charge in [-0.3, -0.25) is 4.90 Å². The zero-order valence-corrected chi connectivity index (χ0v) is 13.2. The van der Waals surface area contributed by atoms with E-state index in [-0.39, 0.29) is 5.54 Å². The fourth-order valence-electron chi connectivity index (χ4n) is 3.06. The van der Waals surface area contributed by atoms with E-state index < -0.39 is 0 Å². The Balaban J connectivity index is 2.15. The van der Waals surface area contributed by atoms with E-state index in [2.05, 4.69) is 44.0 Å². The number of nitrogens with one attached hydrogen (secondary N) is 1. The van der Waals surface area contributed by atoms with Gasteiger partial charge in [-0.2, -0.15) is 0 Å². The maximum Gasteiger partial charge on any atom is 0.115 e. The molecule has 0 aromatic heterocycles. The summed E-state index contributed by atoms with van der Waals surface area (Å²) in [5.74, 6) is 0.984. The molecule has 1 aliphatic heterocycles.